The number of carbonyl (C=O) groups excluding carboxylic acids is 2. The number of amides is 2. The largest absolute Gasteiger partial charge is 0.461 e. The Kier molecular flexibility index (Phi) is 3.55. The van der Waals surface area contributed by atoms with Gasteiger partial charge in [0, 0.05) is 28.0 Å². The standard InChI is InChI=1S/C23H17NO5/c1-11-8-19(25)29-20-12(2)21-17(9-16(11)20)18(13(3)28-21)10-24-22(26)14-6-4-5-7-15(14)23(24)27/h4-9H,10H2,1-3H3. The number of furan rings is 1. The van der Waals surface area contributed by atoms with Crippen LogP contribution in [0, 0.1) is 20.8 Å². The lowest BCUT2D eigenvalue weighted by Crippen LogP contribution is -2.29. The molecule has 0 unspecified atom stereocenters. The quantitative estimate of drug-likeness (QED) is 0.379. The van der Waals surface area contributed by atoms with Gasteiger partial charge in [0.2, 0.25) is 0 Å². The molecule has 3 heterocycles. The predicted molar refractivity (Wildman–Crippen MR) is 107 cm³/mol. The van der Waals surface area contributed by atoms with Gasteiger partial charge in [0.05, 0.1) is 17.7 Å². The van der Waals surface area contributed by atoms with E-state index in [9.17, 15) is 14.4 Å². The highest BCUT2D eigenvalue weighted by Gasteiger charge is 2.36. The number of benzene rings is 2. The third kappa shape index (κ3) is 2.38. The number of carbonyl (C=O) groups is 2. The summed E-state index contributed by atoms with van der Waals surface area (Å²) in [6, 6.07) is 10.2. The zero-order valence-electron chi connectivity index (χ0n) is 16.2. The second-order valence-corrected chi connectivity index (χ2v) is 7.38. The van der Waals surface area contributed by atoms with Crippen LogP contribution in [0.5, 0.6) is 0 Å². The SMILES string of the molecule is Cc1oc2c(C)c3oc(=O)cc(C)c3cc2c1CN1C(=O)c2ccccc2C1=O. The molecule has 6 nitrogen and oxygen atoms in total. The minimum Gasteiger partial charge on any atom is -0.461 e. The van der Waals surface area contributed by atoms with Crippen molar-refractivity contribution in [3.05, 3.63) is 80.4 Å². The molecular weight excluding hydrogens is 370 g/mol. The summed E-state index contributed by atoms with van der Waals surface area (Å²) in [6.07, 6.45) is 0. The third-order valence-electron chi connectivity index (χ3n) is 5.62. The van der Waals surface area contributed by atoms with E-state index in [1.807, 2.05) is 19.9 Å². The average Bonchev–Trinajstić information content (AvgIpc) is 3.13. The lowest BCUT2D eigenvalue weighted by molar-refractivity contribution is 0.0642. The second-order valence-electron chi connectivity index (χ2n) is 7.38. The van der Waals surface area contributed by atoms with E-state index in [0.29, 0.717) is 28.1 Å². The Morgan fingerprint density at radius 3 is 2.10 bits per heavy atom. The van der Waals surface area contributed by atoms with E-state index >= 15 is 0 Å². The van der Waals surface area contributed by atoms with Crippen molar-refractivity contribution in [2.45, 2.75) is 27.3 Å². The van der Waals surface area contributed by atoms with E-state index in [-0.39, 0.29) is 18.4 Å². The molecule has 0 N–H and O–H groups in total. The fourth-order valence-corrected chi connectivity index (χ4v) is 4.09. The Bertz CT molecular complexity index is 1390. The zero-order chi connectivity index (χ0) is 20.4. The maximum Gasteiger partial charge on any atom is 0.336 e. The highest BCUT2D eigenvalue weighted by atomic mass is 16.4. The van der Waals surface area contributed by atoms with Gasteiger partial charge in [-0.15, -0.1) is 0 Å². The van der Waals surface area contributed by atoms with Gasteiger partial charge < -0.3 is 8.83 Å². The van der Waals surface area contributed by atoms with Crippen LogP contribution in [-0.2, 0) is 6.54 Å². The fraction of sp³-hybridized carbons (Fsp3) is 0.174. The number of aryl methyl sites for hydroxylation is 3. The van der Waals surface area contributed by atoms with Gasteiger partial charge in [-0.2, -0.15) is 0 Å². The summed E-state index contributed by atoms with van der Waals surface area (Å²) < 4.78 is 11.4. The average molecular weight is 387 g/mol. The molecule has 2 aromatic carbocycles. The summed E-state index contributed by atoms with van der Waals surface area (Å²) in [7, 11) is 0. The van der Waals surface area contributed by atoms with Crippen molar-refractivity contribution in [2.24, 2.45) is 0 Å². The van der Waals surface area contributed by atoms with Crippen LogP contribution in [0.1, 0.15) is 43.2 Å². The van der Waals surface area contributed by atoms with Crippen molar-refractivity contribution >= 4 is 33.8 Å². The zero-order valence-corrected chi connectivity index (χ0v) is 16.2. The lowest BCUT2D eigenvalue weighted by atomic mass is 10.0. The molecule has 0 saturated heterocycles. The number of hydrogen-bond donors (Lipinski definition) is 0. The molecule has 0 bridgehead atoms. The van der Waals surface area contributed by atoms with Gasteiger partial charge in [0.25, 0.3) is 11.8 Å². The summed E-state index contributed by atoms with van der Waals surface area (Å²) in [5, 5.41) is 1.61. The first-order valence-corrected chi connectivity index (χ1v) is 9.28. The predicted octanol–water partition coefficient (Wildman–Crippen LogP) is 4.26. The Labute approximate surface area is 165 Å². The highest BCUT2D eigenvalue weighted by molar-refractivity contribution is 6.21. The van der Waals surface area contributed by atoms with Gasteiger partial charge in [-0.1, -0.05) is 12.1 Å². The Hall–Kier alpha value is -3.67. The molecule has 5 rings (SSSR count). The van der Waals surface area contributed by atoms with Gasteiger partial charge >= 0.3 is 5.63 Å². The normalized spacial score (nSPS) is 13.7. The van der Waals surface area contributed by atoms with Crippen molar-refractivity contribution < 1.29 is 18.4 Å². The lowest BCUT2D eigenvalue weighted by Gasteiger charge is -2.14. The monoisotopic (exact) mass is 387 g/mol. The molecular formula is C23H17NO5. The van der Waals surface area contributed by atoms with Crippen molar-refractivity contribution in [3.63, 3.8) is 0 Å². The molecule has 0 spiro atoms. The molecule has 2 amide bonds. The fourth-order valence-electron chi connectivity index (χ4n) is 4.09. The van der Waals surface area contributed by atoms with Crippen molar-refractivity contribution in [1.82, 2.24) is 4.90 Å². The first kappa shape index (κ1) is 17.4. The van der Waals surface area contributed by atoms with Crippen molar-refractivity contribution in [3.8, 4) is 0 Å². The van der Waals surface area contributed by atoms with E-state index < -0.39 is 5.63 Å². The maximum atomic E-state index is 12.8. The maximum absolute atomic E-state index is 12.8. The molecule has 6 heteroatoms. The van der Waals surface area contributed by atoms with Crippen LogP contribution >= 0.6 is 0 Å². The molecule has 1 aliphatic heterocycles. The van der Waals surface area contributed by atoms with Gasteiger partial charge in [-0.3, -0.25) is 14.5 Å². The molecule has 144 valence electrons. The summed E-state index contributed by atoms with van der Waals surface area (Å²) in [5.74, 6) is 0.00744. The summed E-state index contributed by atoms with van der Waals surface area (Å²) in [5.41, 5.74) is 3.79. The second kappa shape index (κ2) is 5.91. The first-order chi connectivity index (χ1) is 13.9. The van der Waals surface area contributed by atoms with Gasteiger partial charge in [-0.25, -0.2) is 4.79 Å². The molecule has 0 aliphatic carbocycles. The van der Waals surface area contributed by atoms with E-state index in [1.54, 1.807) is 31.2 Å². The number of rotatable bonds is 2. The van der Waals surface area contributed by atoms with Crippen LogP contribution in [0.15, 0.2) is 50.0 Å². The molecule has 2 aromatic heterocycles. The smallest absolute Gasteiger partial charge is 0.336 e. The van der Waals surface area contributed by atoms with E-state index in [2.05, 4.69) is 0 Å². The summed E-state index contributed by atoms with van der Waals surface area (Å²) in [6.45, 7) is 5.61. The molecule has 1 aliphatic rings. The van der Waals surface area contributed by atoms with Crippen LogP contribution in [0.3, 0.4) is 0 Å². The van der Waals surface area contributed by atoms with Crippen molar-refractivity contribution in [2.75, 3.05) is 0 Å². The van der Waals surface area contributed by atoms with E-state index in [1.165, 1.54) is 11.0 Å². The van der Waals surface area contributed by atoms with Crippen LogP contribution in [0.25, 0.3) is 21.9 Å². The van der Waals surface area contributed by atoms with Crippen LogP contribution in [0.4, 0.5) is 0 Å². The Morgan fingerprint density at radius 2 is 1.45 bits per heavy atom. The van der Waals surface area contributed by atoms with Gasteiger partial charge in [0.1, 0.15) is 16.9 Å². The van der Waals surface area contributed by atoms with E-state index in [0.717, 1.165) is 27.5 Å². The topological polar surface area (TPSA) is 80.7 Å². The molecule has 0 atom stereocenters. The van der Waals surface area contributed by atoms with Crippen LogP contribution in [0.2, 0.25) is 0 Å². The molecule has 29 heavy (non-hydrogen) atoms. The Morgan fingerprint density at radius 1 is 0.828 bits per heavy atom. The van der Waals surface area contributed by atoms with E-state index in [4.69, 9.17) is 8.83 Å². The molecule has 0 radical (unpaired) electrons. The number of hydrogen-bond acceptors (Lipinski definition) is 5. The van der Waals surface area contributed by atoms with Gasteiger partial charge in [-0.05, 0) is 44.5 Å². The molecule has 4 aromatic rings. The number of fused-ring (bicyclic) bond motifs is 3. The minimum absolute atomic E-state index is 0.117. The van der Waals surface area contributed by atoms with Crippen LogP contribution < -0.4 is 5.63 Å². The number of nitrogens with zero attached hydrogens (tertiary/aromatic N) is 1. The molecule has 0 saturated carbocycles. The van der Waals surface area contributed by atoms with Crippen molar-refractivity contribution in [1.29, 1.82) is 0 Å². The highest BCUT2D eigenvalue weighted by Crippen LogP contribution is 2.36. The van der Waals surface area contributed by atoms with Crippen LogP contribution in [-0.4, -0.2) is 16.7 Å². The molecule has 0 fully saturated rings. The Balaban J connectivity index is 1.69. The first-order valence-electron chi connectivity index (χ1n) is 9.28. The summed E-state index contributed by atoms with van der Waals surface area (Å²) >= 11 is 0. The number of imide groups is 1. The summed E-state index contributed by atoms with van der Waals surface area (Å²) in [4.78, 5) is 38.6. The minimum atomic E-state index is -0.410. The third-order valence-corrected chi connectivity index (χ3v) is 5.62. The van der Waals surface area contributed by atoms with Gasteiger partial charge in [0.15, 0.2) is 0 Å².